The quantitative estimate of drug-likeness (QED) is 0.216. The van der Waals surface area contributed by atoms with Gasteiger partial charge in [0.15, 0.2) is 0 Å². The Balaban J connectivity index is 0.000000469. The average molecular weight is 422 g/mol. The average Bonchev–Trinajstić information content (AvgIpc) is 2.76. The Morgan fingerprint density at radius 1 is 0.833 bits per heavy atom. The molecule has 0 saturated heterocycles. The molecule has 0 amide bonds. The Morgan fingerprint density at radius 2 is 1.33 bits per heavy atom. The lowest BCUT2D eigenvalue weighted by Crippen LogP contribution is -1.97. The van der Waals surface area contributed by atoms with Gasteiger partial charge < -0.3 is 10.5 Å². The van der Waals surface area contributed by atoms with Crippen LogP contribution in [0.2, 0.25) is 0 Å². The third kappa shape index (κ3) is 7.09. The number of allylic oxidation sites excluding steroid dienone is 1. The van der Waals surface area contributed by atoms with E-state index in [0.717, 1.165) is 17.7 Å². The van der Waals surface area contributed by atoms with Crippen molar-refractivity contribution in [2.24, 2.45) is 0 Å². The van der Waals surface area contributed by atoms with Gasteiger partial charge in [0.1, 0.15) is 0 Å². The van der Waals surface area contributed by atoms with Crippen molar-refractivity contribution >= 4 is 34.4 Å². The van der Waals surface area contributed by atoms with E-state index < -0.39 is 0 Å². The van der Waals surface area contributed by atoms with Crippen LogP contribution in [-0.2, 0) is 9.53 Å². The predicted octanol–water partition coefficient (Wildman–Crippen LogP) is 6.43. The van der Waals surface area contributed by atoms with Gasteiger partial charge in [-0.25, -0.2) is 0 Å². The SMILES string of the molecule is CCOC(C)=O.Nc1ccc(/C(=C(/CCCl)c2ccccc2)c2ccccc2)cc1. The molecule has 0 aliphatic rings. The summed E-state index contributed by atoms with van der Waals surface area (Å²) in [5, 5.41) is 0. The van der Waals surface area contributed by atoms with Crippen molar-refractivity contribution < 1.29 is 9.53 Å². The lowest BCUT2D eigenvalue weighted by atomic mass is 9.88. The highest BCUT2D eigenvalue weighted by atomic mass is 35.5. The molecule has 4 heteroatoms. The zero-order valence-electron chi connectivity index (χ0n) is 17.5. The van der Waals surface area contributed by atoms with Crippen LogP contribution >= 0.6 is 11.6 Å². The van der Waals surface area contributed by atoms with E-state index >= 15 is 0 Å². The van der Waals surface area contributed by atoms with Gasteiger partial charge in [0.2, 0.25) is 0 Å². The van der Waals surface area contributed by atoms with Crippen molar-refractivity contribution in [3.8, 4) is 0 Å². The number of nitrogens with two attached hydrogens (primary N) is 1. The Bertz CT molecular complexity index is 936. The molecule has 0 spiro atoms. The maximum atomic E-state index is 9.82. The molecule has 0 radical (unpaired) electrons. The number of carbonyl (C=O) groups excluding carboxylic acids is 1. The van der Waals surface area contributed by atoms with Crippen LogP contribution in [0.25, 0.3) is 11.1 Å². The summed E-state index contributed by atoms with van der Waals surface area (Å²) in [5.74, 6) is 0.368. The van der Waals surface area contributed by atoms with Crippen LogP contribution in [-0.4, -0.2) is 18.5 Å². The number of hydrogen-bond donors (Lipinski definition) is 1. The second kappa shape index (κ2) is 12.5. The molecule has 0 saturated carbocycles. The van der Waals surface area contributed by atoms with E-state index in [0.29, 0.717) is 12.5 Å². The highest BCUT2D eigenvalue weighted by Gasteiger charge is 2.13. The standard InChI is InChI=1S/C22H20ClN.C4H8O2/c23-16-15-21(17-7-3-1-4-8-17)22(18-9-5-2-6-10-18)19-11-13-20(24)14-12-19;1-3-6-4(2)5/h1-14H,15-16,24H2;3H2,1-2H3/b22-21-;. The Kier molecular flexibility index (Phi) is 9.69. The number of benzene rings is 3. The summed E-state index contributed by atoms with van der Waals surface area (Å²) < 4.78 is 4.40. The minimum absolute atomic E-state index is 0.211. The Hall–Kier alpha value is -3.04. The largest absolute Gasteiger partial charge is 0.466 e. The van der Waals surface area contributed by atoms with Gasteiger partial charge in [-0.1, -0.05) is 72.8 Å². The van der Waals surface area contributed by atoms with Crippen LogP contribution in [0.4, 0.5) is 5.69 Å². The van der Waals surface area contributed by atoms with Crippen LogP contribution in [0.15, 0.2) is 84.9 Å². The number of hydrogen-bond acceptors (Lipinski definition) is 3. The van der Waals surface area contributed by atoms with Gasteiger partial charge in [0, 0.05) is 18.5 Å². The molecule has 0 aliphatic heterocycles. The fourth-order valence-electron chi connectivity index (χ4n) is 3.12. The predicted molar refractivity (Wildman–Crippen MR) is 127 cm³/mol. The Labute approximate surface area is 184 Å². The minimum atomic E-state index is -0.211. The maximum Gasteiger partial charge on any atom is 0.302 e. The highest BCUT2D eigenvalue weighted by molar-refractivity contribution is 6.18. The smallest absolute Gasteiger partial charge is 0.302 e. The van der Waals surface area contributed by atoms with E-state index in [1.165, 1.54) is 29.2 Å². The third-order valence-electron chi connectivity index (χ3n) is 4.38. The van der Waals surface area contributed by atoms with Crippen LogP contribution in [0.1, 0.15) is 37.0 Å². The van der Waals surface area contributed by atoms with Gasteiger partial charge in [-0.15, -0.1) is 11.6 Å². The monoisotopic (exact) mass is 421 g/mol. The van der Waals surface area contributed by atoms with Gasteiger partial charge in [0.25, 0.3) is 0 Å². The van der Waals surface area contributed by atoms with Crippen LogP contribution in [0, 0.1) is 0 Å². The van der Waals surface area contributed by atoms with Crippen molar-refractivity contribution in [2.75, 3.05) is 18.2 Å². The number of halogens is 1. The molecule has 2 N–H and O–H groups in total. The zero-order chi connectivity index (χ0) is 21.8. The van der Waals surface area contributed by atoms with Crippen LogP contribution in [0.5, 0.6) is 0 Å². The summed E-state index contributed by atoms with van der Waals surface area (Å²) in [5.41, 5.74) is 12.6. The molecular weight excluding hydrogens is 394 g/mol. The van der Waals surface area contributed by atoms with Gasteiger partial charge in [-0.2, -0.15) is 0 Å². The molecule has 0 bridgehead atoms. The van der Waals surface area contributed by atoms with Crippen LogP contribution in [0.3, 0.4) is 0 Å². The van der Waals surface area contributed by atoms with Crippen LogP contribution < -0.4 is 5.73 Å². The fourth-order valence-corrected chi connectivity index (χ4v) is 3.31. The molecular formula is C26H28ClNO2. The number of carbonyl (C=O) groups is 1. The topological polar surface area (TPSA) is 52.3 Å². The summed E-state index contributed by atoms with van der Waals surface area (Å²) in [6.45, 7) is 3.65. The molecule has 3 rings (SSSR count). The number of ether oxygens (including phenoxy) is 1. The number of anilines is 1. The van der Waals surface area contributed by atoms with E-state index in [2.05, 4.69) is 65.4 Å². The molecule has 3 aromatic rings. The van der Waals surface area contributed by atoms with Gasteiger partial charge in [-0.05, 0) is 53.3 Å². The maximum absolute atomic E-state index is 9.82. The second-order valence-electron chi connectivity index (χ2n) is 6.57. The molecule has 0 heterocycles. The molecule has 0 unspecified atom stereocenters. The molecule has 156 valence electrons. The number of esters is 1. The first-order valence-electron chi connectivity index (χ1n) is 9.96. The summed E-state index contributed by atoms with van der Waals surface area (Å²) in [6.07, 6.45) is 0.806. The summed E-state index contributed by atoms with van der Waals surface area (Å²) in [4.78, 5) is 9.82. The molecule has 0 atom stereocenters. The molecule has 30 heavy (non-hydrogen) atoms. The van der Waals surface area contributed by atoms with Gasteiger partial charge >= 0.3 is 5.97 Å². The van der Waals surface area contributed by atoms with E-state index in [1.54, 1.807) is 6.92 Å². The lowest BCUT2D eigenvalue weighted by molar-refractivity contribution is -0.140. The van der Waals surface area contributed by atoms with E-state index in [-0.39, 0.29) is 5.97 Å². The lowest BCUT2D eigenvalue weighted by Gasteiger charge is -2.17. The molecule has 0 fully saturated rings. The number of nitrogen functional groups attached to an aromatic ring is 1. The van der Waals surface area contributed by atoms with Gasteiger partial charge in [0.05, 0.1) is 6.61 Å². The van der Waals surface area contributed by atoms with E-state index in [1.807, 2.05) is 24.3 Å². The van der Waals surface area contributed by atoms with Crippen molar-refractivity contribution in [1.29, 1.82) is 0 Å². The molecule has 3 aromatic carbocycles. The number of rotatable bonds is 6. The minimum Gasteiger partial charge on any atom is -0.466 e. The van der Waals surface area contributed by atoms with Gasteiger partial charge in [-0.3, -0.25) is 4.79 Å². The van der Waals surface area contributed by atoms with Crippen molar-refractivity contribution in [2.45, 2.75) is 20.3 Å². The number of alkyl halides is 1. The van der Waals surface area contributed by atoms with Crippen molar-refractivity contribution in [3.63, 3.8) is 0 Å². The van der Waals surface area contributed by atoms with E-state index in [4.69, 9.17) is 17.3 Å². The first-order valence-corrected chi connectivity index (χ1v) is 10.5. The first kappa shape index (κ1) is 23.2. The molecule has 0 aromatic heterocycles. The van der Waals surface area contributed by atoms with Crippen molar-refractivity contribution in [1.82, 2.24) is 0 Å². The third-order valence-corrected chi connectivity index (χ3v) is 4.57. The highest BCUT2D eigenvalue weighted by Crippen LogP contribution is 2.34. The summed E-state index contributed by atoms with van der Waals surface area (Å²) in [7, 11) is 0. The summed E-state index contributed by atoms with van der Waals surface area (Å²) in [6, 6.07) is 28.9. The normalized spacial score (nSPS) is 11.0. The molecule has 0 aliphatic carbocycles. The Morgan fingerprint density at radius 3 is 1.77 bits per heavy atom. The van der Waals surface area contributed by atoms with E-state index in [9.17, 15) is 4.79 Å². The van der Waals surface area contributed by atoms with Crippen molar-refractivity contribution in [3.05, 3.63) is 102 Å². The fraction of sp³-hybridized carbons (Fsp3) is 0.192. The molecule has 3 nitrogen and oxygen atoms in total. The second-order valence-corrected chi connectivity index (χ2v) is 6.95. The zero-order valence-corrected chi connectivity index (χ0v) is 18.2. The first-order chi connectivity index (χ1) is 14.6. The summed E-state index contributed by atoms with van der Waals surface area (Å²) >= 11 is 6.14.